The molecule has 0 bridgehead atoms. The van der Waals surface area contributed by atoms with E-state index in [9.17, 15) is 14.4 Å². The number of hydrogen-bond donors (Lipinski definition) is 0. The maximum absolute atomic E-state index is 12.9. The molecule has 2 aromatic carbocycles. The summed E-state index contributed by atoms with van der Waals surface area (Å²) in [5.74, 6) is 4.60. The number of carbonyl (C=O) groups is 2. The van der Waals surface area contributed by atoms with Crippen molar-refractivity contribution in [3.8, 4) is 34.1 Å². The summed E-state index contributed by atoms with van der Waals surface area (Å²) in [5.41, 5.74) is 2.93. The van der Waals surface area contributed by atoms with Gasteiger partial charge in [-0.3, -0.25) is 9.59 Å². The average Bonchev–Trinajstić information content (AvgIpc) is 3.48. The second-order valence-corrected chi connectivity index (χ2v) is 16.7. The van der Waals surface area contributed by atoms with E-state index >= 15 is 0 Å². The van der Waals surface area contributed by atoms with Gasteiger partial charge in [0.1, 0.15) is 51.2 Å². The van der Waals surface area contributed by atoms with E-state index in [1.807, 2.05) is 39.0 Å². The monoisotopic (exact) mass is 738 g/mol. The Labute approximate surface area is 318 Å². The molecule has 0 amide bonds. The van der Waals surface area contributed by atoms with Gasteiger partial charge in [0.15, 0.2) is 5.78 Å². The molecule has 4 aliphatic carbocycles. The highest BCUT2D eigenvalue weighted by atomic mass is 16.5. The van der Waals surface area contributed by atoms with Crippen LogP contribution >= 0.6 is 0 Å². The summed E-state index contributed by atoms with van der Waals surface area (Å²) >= 11 is 0. The SMILES string of the molecule is CCC(=O)OC1CCC2C3CCC4=CC(=O)CCC4(C)C3CCC12C.COc1ccc(-c2c(OC)c3c(OC)c4c(cc3oc2=O)OC(C)(C)C=C4)cc1. The molecule has 3 fully saturated rings. The van der Waals surface area contributed by atoms with Gasteiger partial charge in [0.2, 0.25) is 0 Å². The molecule has 1 aliphatic heterocycles. The largest absolute Gasteiger partial charge is 0.497 e. The van der Waals surface area contributed by atoms with Gasteiger partial charge in [0.05, 0.1) is 26.9 Å². The smallest absolute Gasteiger partial charge is 0.347 e. The Balaban J connectivity index is 0.000000168. The number of carbonyl (C=O) groups excluding carboxylic acids is 2. The number of fused-ring (bicyclic) bond motifs is 7. The fraction of sp³-hybridized carbons (Fsp3) is 0.533. The fourth-order valence-electron chi connectivity index (χ4n) is 10.5. The van der Waals surface area contributed by atoms with Crippen molar-refractivity contribution in [2.45, 2.75) is 104 Å². The van der Waals surface area contributed by atoms with Gasteiger partial charge in [-0.25, -0.2) is 4.79 Å². The van der Waals surface area contributed by atoms with E-state index in [1.54, 1.807) is 44.6 Å². The van der Waals surface area contributed by atoms with Gasteiger partial charge in [-0.2, -0.15) is 0 Å². The standard InChI is InChI=1S/C23H22O6.C22H32O3/c1-23(2)11-10-15-16(29-23)12-17-19(20(15)26-4)21(27-5)18(22(24)28-17)13-6-8-14(25-3)9-7-13;1-4-20(24)25-19-8-7-17-16-6-5-14-13-15(23)9-11-21(14,2)18(16)10-12-22(17,19)3/h6-12H,1-5H3;13,16-19H,4-12H2,1-3H3. The summed E-state index contributed by atoms with van der Waals surface area (Å²) in [4.78, 5) is 36.7. The molecular formula is C45H54O9. The summed E-state index contributed by atoms with van der Waals surface area (Å²) in [6.07, 6.45) is 15.2. The number of ether oxygens (including phenoxy) is 5. The van der Waals surface area contributed by atoms with E-state index in [1.165, 1.54) is 31.9 Å². The average molecular weight is 739 g/mol. The fourth-order valence-corrected chi connectivity index (χ4v) is 10.5. The molecule has 0 saturated heterocycles. The molecule has 8 rings (SSSR count). The Kier molecular flexibility index (Phi) is 9.99. The van der Waals surface area contributed by atoms with Crippen molar-refractivity contribution >= 4 is 28.8 Å². The highest BCUT2D eigenvalue weighted by Gasteiger charge is 2.60. The van der Waals surface area contributed by atoms with E-state index in [2.05, 4.69) is 13.8 Å². The number of methoxy groups -OCH3 is 3. The third-order valence-corrected chi connectivity index (χ3v) is 13.4. The first kappa shape index (κ1) is 37.8. The zero-order valence-corrected chi connectivity index (χ0v) is 33.0. The van der Waals surface area contributed by atoms with Crippen molar-refractivity contribution in [1.82, 2.24) is 0 Å². The van der Waals surface area contributed by atoms with E-state index in [-0.39, 0.29) is 22.9 Å². The first-order valence-electron chi connectivity index (χ1n) is 19.5. The molecule has 6 atom stereocenters. The van der Waals surface area contributed by atoms with Crippen LogP contribution in [0, 0.1) is 28.6 Å². The van der Waals surface area contributed by atoms with E-state index in [4.69, 9.17) is 28.1 Å². The van der Waals surface area contributed by atoms with Crippen molar-refractivity contribution in [3.05, 3.63) is 64.0 Å². The molecule has 3 aromatic rings. The van der Waals surface area contributed by atoms with Gasteiger partial charge in [0.25, 0.3) is 0 Å². The lowest BCUT2D eigenvalue weighted by Crippen LogP contribution is -2.51. The second-order valence-electron chi connectivity index (χ2n) is 16.7. The minimum absolute atomic E-state index is 0.0411. The van der Waals surface area contributed by atoms with Crippen LogP contribution in [0.1, 0.15) is 98.0 Å². The van der Waals surface area contributed by atoms with Gasteiger partial charge in [-0.1, -0.05) is 38.5 Å². The maximum Gasteiger partial charge on any atom is 0.347 e. The van der Waals surface area contributed by atoms with Gasteiger partial charge in [-0.15, -0.1) is 0 Å². The molecule has 9 heteroatoms. The summed E-state index contributed by atoms with van der Waals surface area (Å²) in [7, 11) is 4.68. The van der Waals surface area contributed by atoms with Crippen LogP contribution in [-0.4, -0.2) is 44.8 Å². The number of esters is 1. The van der Waals surface area contributed by atoms with Crippen LogP contribution in [0.2, 0.25) is 0 Å². The number of rotatable bonds is 6. The molecule has 54 heavy (non-hydrogen) atoms. The molecule has 288 valence electrons. The van der Waals surface area contributed by atoms with E-state index in [0.29, 0.717) is 69.1 Å². The quantitative estimate of drug-likeness (QED) is 0.180. The van der Waals surface area contributed by atoms with Crippen LogP contribution in [0.15, 0.2) is 57.3 Å². The Morgan fingerprint density at radius 2 is 1.61 bits per heavy atom. The van der Waals surface area contributed by atoms with Crippen LogP contribution in [0.3, 0.4) is 0 Å². The van der Waals surface area contributed by atoms with Gasteiger partial charge < -0.3 is 28.1 Å². The van der Waals surface area contributed by atoms with Crippen molar-refractivity contribution in [2.75, 3.05) is 21.3 Å². The zero-order chi connectivity index (χ0) is 38.6. The van der Waals surface area contributed by atoms with Crippen LogP contribution in [0.25, 0.3) is 28.2 Å². The Morgan fingerprint density at radius 1 is 0.870 bits per heavy atom. The van der Waals surface area contributed by atoms with Crippen LogP contribution in [0.5, 0.6) is 23.0 Å². The number of ketones is 1. The topological polar surface area (TPSA) is 111 Å². The summed E-state index contributed by atoms with van der Waals surface area (Å²) < 4.78 is 34.2. The first-order chi connectivity index (χ1) is 25.8. The normalized spacial score (nSPS) is 28.9. The van der Waals surface area contributed by atoms with Crippen molar-refractivity contribution in [3.63, 3.8) is 0 Å². The third kappa shape index (κ3) is 6.41. The molecule has 6 unspecified atom stereocenters. The summed E-state index contributed by atoms with van der Waals surface area (Å²) in [6, 6.07) is 8.84. The Hall–Kier alpha value is -4.53. The highest BCUT2D eigenvalue weighted by Crippen LogP contribution is 2.65. The minimum Gasteiger partial charge on any atom is -0.497 e. The number of allylic oxidation sites excluding steroid dienone is 1. The lowest BCUT2D eigenvalue weighted by atomic mass is 9.47. The van der Waals surface area contributed by atoms with Gasteiger partial charge in [0, 0.05) is 24.3 Å². The van der Waals surface area contributed by atoms with Crippen LogP contribution < -0.4 is 24.6 Å². The molecule has 0 N–H and O–H groups in total. The van der Waals surface area contributed by atoms with Crippen LogP contribution in [-0.2, 0) is 14.3 Å². The molecule has 0 radical (unpaired) electrons. The molecule has 0 spiro atoms. The van der Waals surface area contributed by atoms with Crippen LogP contribution in [0.4, 0.5) is 0 Å². The molecular weight excluding hydrogens is 684 g/mol. The minimum atomic E-state index is -0.507. The summed E-state index contributed by atoms with van der Waals surface area (Å²) in [6.45, 7) is 10.6. The van der Waals surface area contributed by atoms with Crippen molar-refractivity contribution < 1.29 is 37.7 Å². The molecule has 5 aliphatic rings. The maximum atomic E-state index is 12.9. The molecule has 9 nitrogen and oxygen atoms in total. The second kappa shape index (κ2) is 14.3. The Morgan fingerprint density at radius 3 is 2.30 bits per heavy atom. The third-order valence-electron chi connectivity index (χ3n) is 13.4. The molecule has 1 aromatic heterocycles. The first-order valence-corrected chi connectivity index (χ1v) is 19.5. The van der Waals surface area contributed by atoms with Crippen molar-refractivity contribution in [1.29, 1.82) is 0 Å². The Bertz CT molecular complexity index is 2070. The predicted octanol–water partition coefficient (Wildman–Crippen LogP) is 9.51. The summed E-state index contributed by atoms with van der Waals surface area (Å²) in [5, 5.41) is 0.576. The van der Waals surface area contributed by atoms with Crippen molar-refractivity contribution in [2.24, 2.45) is 28.6 Å². The predicted molar refractivity (Wildman–Crippen MR) is 208 cm³/mol. The zero-order valence-electron chi connectivity index (χ0n) is 33.0. The highest BCUT2D eigenvalue weighted by molar-refractivity contribution is 5.99. The lowest BCUT2D eigenvalue weighted by molar-refractivity contribution is -0.159. The molecule has 2 heterocycles. The lowest BCUT2D eigenvalue weighted by Gasteiger charge is -2.57. The van der Waals surface area contributed by atoms with E-state index in [0.717, 1.165) is 43.6 Å². The molecule has 3 saturated carbocycles. The van der Waals surface area contributed by atoms with Gasteiger partial charge >= 0.3 is 11.6 Å². The number of hydrogen-bond acceptors (Lipinski definition) is 9. The number of benzene rings is 2. The van der Waals surface area contributed by atoms with E-state index < -0.39 is 11.2 Å². The van der Waals surface area contributed by atoms with Gasteiger partial charge in [-0.05, 0) is 118 Å².